The molecule has 0 atom stereocenters. The highest BCUT2D eigenvalue weighted by atomic mass is 16.3. The summed E-state index contributed by atoms with van der Waals surface area (Å²) < 4.78 is 5.20. The lowest BCUT2D eigenvalue weighted by Crippen LogP contribution is -2.32. The lowest BCUT2D eigenvalue weighted by Gasteiger charge is -2.32. The summed E-state index contributed by atoms with van der Waals surface area (Å²) in [5.74, 6) is 0.668. The fraction of sp³-hybridized carbons (Fsp3) is 0.300. The summed E-state index contributed by atoms with van der Waals surface area (Å²) in [7, 11) is 0. The molecule has 0 unspecified atom stereocenters. The maximum atomic E-state index is 12.4. The van der Waals surface area contributed by atoms with E-state index in [1.54, 1.807) is 18.2 Å². The number of piperidine rings is 1. The molecule has 128 valence electrons. The molecule has 2 aromatic carbocycles. The number of nitrogens with zero attached hydrogens (tertiary/aromatic N) is 2. The first-order chi connectivity index (χ1) is 12.2. The molecule has 1 amide bonds. The van der Waals surface area contributed by atoms with Crippen LogP contribution in [0.3, 0.4) is 0 Å². The van der Waals surface area contributed by atoms with E-state index >= 15 is 0 Å². The van der Waals surface area contributed by atoms with Crippen molar-refractivity contribution in [2.24, 2.45) is 5.92 Å². The quantitative estimate of drug-likeness (QED) is 0.774. The molecule has 0 bridgehead atoms. The predicted octanol–water partition coefficient (Wildman–Crippen LogP) is 4.32. The van der Waals surface area contributed by atoms with Gasteiger partial charge >= 0.3 is 0 Å². The molecule has 3 aromatic rings. The molecule has 25 heavy (non-hydrogen) atoms. The molecule has 1 aliphatic heterocycles. The van der Waals surface area contributed by atoms with E-state index in [2.05, 4.69) is 34.3 Å². The Balaban J connectivity index is 1.44. The molecule has 0 saturated carbocycles. The molecule has 1 N–H and O–H groups in total. The molecular formula is C20H21N3O2. The summed E-state index contributed by atoms with van der Waals surface area (Å²) in [6.07, 6.45) is 3.86. The van der Waals surface area contributed by atoms with E-state index in [0.29, 0.717) is 16.7 Å². The third kappa shape index (κ3) is 3.36. The van der Waals surface area contributed by atoms with Gasteiger partial charge in [-0.15, -0.1) is 0 Å². The SMILES string of the molecule is CC1CCN(c2ccc(NC(=O)c3ccc4ocnc4c3)cc2)CC1. The number of carbonyl (C=O) groups is 1. The van der Waals surface area contributed by atoms with Crippen molar-refractivity contribution < 1.29 is 9.21 Å². The summed E-state index contributed by atoms with van der Waals surface area (Å²) in [5.41, 5.74) is 3.93. The third-order valence-electron chi connectivity index (χ3n) is 4.87. The van der Waals surface area contributed by atoms with Gasteiger partial charge in [-0.2, -0.15) is 0 Å². The van der Waals surface area contributed by atoms with Gasteiger partial charge in [-0.3, -0.25) is 4.79 Å². The van der Waals surface area contributed by atoms with Crippen molar-refractivity contribution in [2.45, 2.75) is 19.8 Å². The minimum atomic E-state index is -0.149. The highest BCUT2D eigenvalue weighted by molar-refractivity contribution is 6.05. The predicted molar refractivity (Wildman–Crippen MR) is 99.0 cm³/mol. The van der Waals surface area contributed by atoms with Crippen LogP contribution in [0.5, 0.6) is 0 Å². The van der Waals surface area contributed by atoms with Gasteiger partial charge in [0.05, 0.1) is 0 Å². The zero-order valence-corrected chi connectivity index (χ0v) is 14.2. The Bertz CT molecular complexity index is 877. The van der Waals surface area contributed by atoms with Crippen LogP contribution in [0.15, 0.2) is 53.3 Å². The smallest absolute Gasteiger partial charge is 0.255 e. The number of fused-ring (bicyclic) bond motifs is 1. The zero-order valence-electron chi connectivity index (χ0n) is 14.2. The van der Waals surface area contributed by atoms with Crippen LogP contribution in [-0.4, -0.2) is 24.0 Å². The number of benzene rings is 2. The van der Waals surface area contributed by atoms with Crippen molar-refractivity contribution in [1.82, 2.24) is 4.98 Å². The molecule has 1 fully saturated rings. The average Bonchev–Trinajstić information content (AvgIpc) is 3.11. The fourth-order valence-electron chi connectivity index (χ4n) is 3.22. The number of amides is 1. The molecule has 0 radical (unpaired) electrons. The van der Waals surface area contributed by atoms with Crippen LogP contribution in [0.25, 0.3) is 11.1 Å². The van der Waals surface area contributed by atoms with Gasteiger partial charge in [-0.1, -0.05) is 6.92 Å². The Morgan fingerprint density at radius 3 is 2.68 bits per heavy atom. The maximum Gasteiger partial charge on any atom is 0.255 e. The second-order valence-corrected chi connectivity index (χ2v) is 6.71. The van der Waals surface area contributed by atoms with Gasteiger partial charge in [0.25, 0.3) is 5.91 Å². The van der Waals surface area contributed by atoms with Crippen LogP contribution in [-0.2, 0) is 0 Å². The molecule has 1 aromatic heterocycles. The Hall–Kier alpha value is -2.82. The van der Waals surface area contributed by atoms with E-state index in [0.717, 1.165) is 24.7 Å². The number of anilines is 2. The summed E-state index contributed by atoms with van der Waals surface area (Å²) in [5, 5.41) is 2.94. The number of hydrogen-bond acceptors (Lipinski definition) is 4. The number of oxazole rings is 1. The highest BCUT2D eigenvalue weighted by Gasteiger charge is 2.16. The molecule has 1 saturated heterocycles. The van der Waals surface area contributed by atoms with Crippen LogP contribution in [0.2, 0.25) is 0 Å². The van der Waals surface area contributed by atoms with Crippen molar-refractivity contribution in [3.05, 3.63) is 54.4 Å². The van der Waals surface area contributed by atoms with Crippen LogP contribution in [0.4, 0.5) is 11.4 Å². The summed E-state index contributed by atoms with van der Waals surface area (Å²) in [4.78, 5) is 18.9. The first-order valence-electron chi connectivity index (χ1n) is 8.69. The summed E-state index contributed by atoms with van der Waals surface area (Å²) >= 11 is 0. The average molecular weight is 335 g/mol. The highest BCUT2D eigenvalue weighted by Crippen LogP contribution is 2.24. The second-order valence-electron chi connectivity index (χ2n) is 6.71. The molecule has 0 aliphatic carbocycles. The zero-order chi connectivity index (χ0) is 17.2. The van der Waals surface area contributed by atoms with Crippen LogP contribution >= 0.6 is 0 Å². The lowest BCUT2D eigenvalue weighted by molar-refractivity contribution is 0.102. The van der Waals surface area contributed by atoms with Crippen LogP contribution in [0.1, 0.15) is 30.1 Å². The van der Waals surface area contributed by atoms with Crippen molar-refractivity contribution >= 4 is 28.4 Å². The Kier molecular flexibility index (Phi) is 4.14. The van der Waals surface area contributed by atoms with Gasteiger partial charge in [0.15, 0.2) is 12.0 Å². The van der Waals surface area contributed by atoms with E-state index in [1.165, 1.54) is 24.9 Å². The molecule has 1 aliphatic rings. The number of aromatic nitrogens is 1. The van der Waals surface area contributed by atoms with Gasteiger partial charge in [0.1, 0.15) is 5.52 Å². The van der Waals surface area contributed by atoms with E-state index in [-0.39, 0.29) is 5.91 Å². The Morgan fingerprint density at radius 2 is 1.92 bits per heavy atom. The number of nitrogens with one attached hydrogen (secondary N) is 1. The number of carbonyl (C=O) groups excluding carboxylic acids is 1. The molecule has 4 rings (SSSR count). The number of rotatable bonds is 3. The molecule has 2 heterocycles. The van der Waals surface area contributed by atoms with Gasteiger partial charge in [0.2, 0.25) is 0 Å². The van der Waals surface area contributed by atoms with Gasteiger partial charge in [-0.25, -0.2) is 4.98 Å². The second kappa shape index (κ2) is 6.59. The van der Waals surface area contributed by atoms with Crippen LogP contribution < -0.4 is 10.2 Å². The van der Waals surface area contributed by atoms with Crippen molar-refractivity contribution in [1.29, 1.82) is 0 Å². The molecular weight excluding hydrogens is 314 g/mol. The standard InChI is InChI=1S/C20H21N3O2/c1-14-8-10-23(11-9-14)17-5-3-16(4-6-17)22-20(24)15-2-7-19-18(12-15)21-13-25-19/h2-7,12-14H,8-11H2,1H3,(H,22,24). The van der Waals surface area contributed by atoms with E-state index < -0.39 is 0 Å². The maximum absolute atomic E-state index is 12.4. The molecule has 5 nitrogen and oxygen atoms in total. The third-order valence-corrected chi connectivity index (χ3v) is 4.87. The topological polar surface area (TPSA) is 58.4 Å². The van der Waals surface area contributed by atoms with Crippen molar-refractivity contribution in [2.75, 3.05) is 23.3 Å². The van der Waals surface area contributed by atoms with Gasteiger partial charge in [-0.05, 0) is 61.2 Å². The monoisotopic (exact) mass is 335 g/mol. The Labute approximate surface area is 146 Å². The fourth-order valence-corrected chi connectivity index (χ4v) is 3.22. The lowest BCUT2D eigenvalue weighted by atomic mass is 9.99. The van der Waals surface area contributed by atoms with E-state index in [9.17, 15) is 4.79 Å². The largest absolute Gasteiger partial charge is 0.443 e. The van der Waals surface area contributed by atoms with E-state index in [1.807, 2.05) is 12.1 Å². The van der Waals surface area contributed by atoms with Crippen molar-refractivity contribution in [3.8, 4) is 0 Å². The summed E-state index contributed by atoms with van der Waals surface area (Å²) in [6.45, 7) is 4.52. The molecule has 0 spiro atoms. The molecule has 5 heteroatoms. The normalized spacial score (nSPS) is 15.5. The summed E-state index contributed by atoms with van der Waals surface area (Å²) in [6, 6.07) is 13.3. The first-order valence-corrected chi connectivity index (χ1v) is 8.69. The minimum Gasteiger partial charge on any atom is -0.443 e. The van der Waals surface area contributed by atoms with Crippen LogP contribution in [0, 0.1) is 5.92 Å². The Morgan fingerprint density at radius 1 is 1.16 bits per heavy atom. The van der Waals surface area contributed by atoms with Gasteiger partial charge in [0, 0.05) is 30.0 Å². The van der Waals surface area contributed by atoms with Gasteiger partial charge < -0.3 is 14.6 Å². The first kappa shape index (κ1) is 15.7. The number of hydrogen-bond donors (Lipinski definition) is 1. The minimum absolute atomic E-state index is 0.149. The van der Waals surface area contributed by atoms with E-state index in [4.69, 9.17) is 4.42 Å². The van der Waals surface area contributed by atoms with Crippen molar-refractivity contribution in [3.63, 3.8) is 0 Å².